The van der Waals surface area contributed by atoms with Gasteiger partial charge in [0.15, 0.2) is 0 Å². The van der Waals surface area contributed by atoms with E-state index in [-0.39, 0.29) is 29.2 Å². The molecule has 1 saturated heterocycles. The van der Waals surface area contributed by atoms with Crippen molar-refractivity contribution in [2.75, 3.05) is 18.4 Å². The van der Waals surface area contributed by atoms with Gasteiger partial charge in [0.05, 0.1) is 0 Å². The number of amides is 1. The van der Waals surface area contributed by atoms with Gasteiger partial charge in [0.25, 0.3) is 0 Å². The van der Waals surface area contributed by atoms with Gasteiger partial charge in [-0.3, -0.25) is 9.20 Å². The number of anilines is 1. The molecule has 1 N–H and O–H groups in total. The normalized spacial score (nSPS) is 17.9. The summed E-state index contributed by atoms with van der Waals surface area (Å²) in [6.07, 6.45) is 12.3. The van der Waals surface area contributed by atoms with E-state index in [9.17, 15) is 13.6 Å². The van der Waals surface area contributed by atoms with E-state index in [1.165, 1.54) is 4.52 Å². The second-order valence-corrected chi connectivity index (χ2v) is 9.41. The highest BCUT2D eigenvalue weighted by atomic mass is 19.3. The number of fused-ring (bicyclic) bond motifs is 2. The van der Waals surface area contributed by atoms with Crippen molar-refractivity contribution in [3.8, 4) is 17.0 Å². The maximum Gasteiger partial charge on any atom is 0.388 e. The van der Waals surface area contributed by atoms with Gasteiger partial charge >= 0.3 is 6.61 Å². The first kappa shape index (κ1) is 21.7. The molecule has 1 aliphatic heterocycles. The Bertz CT molecular complexity index is 1400. The molecule has 1 aliphatic carbocycles. The molecule has 35 heavy (non-hydrogen) atoms. The minimum atomic E-state index is -3.03. The predicted octanol–water partition coefficient (Wildman–Crippen LogP) is 3.24. The van der Waals surface area contributed by atoms with Crippen LogP contribution in [0.15, 0.2) is 37.1 Å². The number of rotatable bonds is 5. The number of hydrogen-bond acceptors (Lipinski definition) is 7. The average molecular weight is 482 g/mol. The van der Waals surface area contributed by atoms with Gasteiger partial charge in [-0.25, -0.2) is 14.5 Å². The molecule has 10 nitrogen and oxygen atoms in total. The molecular weight excluding hydrogens is 458 g/mol. The highest BCUT2D eigenvalue weighted by Crippen LogP contribution is 2.44. The number of carbonyl (C=O) groups excluding carboxylic acids is 1. The maximum absolute atomic E-state index is 13.3. The SMILES string of the molecule is CC(=O)N1CC2(CCC(Nc3nc(OC(F)F)c4c(-c5cnc6nccn6c5)ccn4n3)CC2)C1. The topological polar surface area (TPSA) is 102 Å². The lowest BCUT2D eigenvalue weighted by atomic mass is 9.67. The lowest BCUT2D eigenvalue weighted by molar-refractivity contribution is -0.143. The van der Waals surface area contributed by atoms with Crippen LogP contribution in [0.25, 0.3) is 22.4 Å². The van der Waals surface area contributed by atoms with Crippen LogP contribution >= 0.6 is 0 Å². The molecule has 1 saturated carbocycles. The van der Waals surface area contributed by atoms with Crippen molar-refractivity contribution in [1.29, 1.82) is 0 Å². The molecule has 0 radical (unpaired) electrons. The third-order valence-electron chi connectivity index (χ3n) is 7.11. The lowest BCUT2D eigenvalue weighted by Crippen LogP contribution is -2.59. The van der Waals surface area contributed by atoms with Crippen molar-refractivity contribution in [2.24, 2.45) is 5.41 Å². The van der Waals surface area contributed by atoms with Crippen LogP contribution in [-0.4, -0.2) is 65.5 Å². The van der Waals surface area contributed by atoms with Crippen molar-refractivity contribution in [3.63, 3.8) is 0 Å². The quantitative estimate of drug-likeness (QED) is 0.466. The zero-order chi connectivity index (χ0) is 24.2. The van der Waals surface area contributed by atoms with E-state index in [2.05, 4.69) is 25.4 Å². The molecule has 2 fully saturated rings. The van der Waals surface area contributed by atoms with Crippen LogP contribution < -0.4 is 10.1 Å². The van der Waals surface area contributed by atoms with Gasteiger partial charge in [0, 0.05) is 73.6 Å². The molecule has 2 aliphatic rings. The third kappa shape index (κ3) is 3.92. The maximum atomic E-state index is 13.3. The summed E-state index contributed by atoms with van der Waals surface area (Å²) in [5, 5.41) is 7.82. The summed E-state index contributed by atoms with van der Waals surface area (Å²) in [6, 6.07) is 1.89. The third-order valence-corrected chi connectivity index (χ3v) is 7.11. The highest BCUT2D eigenvalue weighted by molar-refractivity contribution is 5.84. The Labute approximate surface area is 198 Å². The lowest BCUT2D eigenvalue weighted by Gasteiger charge is -2.53. The number of alkyl halides is 2. The Morgan fingerprint density at radius 1 is 1.23 bits per heavy atom. The van der Waals surface area contributed by atoms with E-state index in [1.54, 1.807) is 42.2 Å². The Kier molecular flexibility index (Phi) is 5.04. The largest absolute Gasteiger partial charge is 0.414 e. The molecule has 0 atom stereocenters. The van der Waals surface area contributed by atoms with Crippen LogP contribution in [0.3, 0.4) is 0 Å². The summed E-state index contributed by atoms with van der Waals surface area (Å²) < 4.78 is 34.7. The number of nitrogens with one attached hydrogen (secondary N) is 1. The Morgan fingerprint density at radius 3 is 2.77 bits per heavy atom. The first-order valence-electron chi connectivity index (χ1n) is 11.5. The van der Waals surface area contributed by atoms with E-state index in [0.717, 1.165) is 38.8 Å². The van der Waals surface area contributed by atoms with Crippen molar-refractivity contribution in [3.05, 3.63) is 37.1 Å². The van der Waals surface area contributed by atoms with Gasteiger partial charge in [-0.15, -0.1) is 5.10 Å². The summed E-state index contributed by atoms with van der Waals surface area (Å²) >= 11 is 0. The molecule has 0 unspecified atom stereocenters. The van der Waals surface area contributed by atoms with E-state index in [1.807, 2.05) is 11.1 Å². The molecule has 4 aromatic heterocycles. The van der Waals surface area contributed by atoms with Crippen LogP contribution in [0.4, 0.5) is 14.7 Å². The van der Waals surface area contributed by atoms with E-state index in [4.69, 9.17) is 4.74 Å². The average Bonchev–Trinajstić information content (AvgIpc) is 3.44. The summed E-state index contributed by atoms with van der Waals surface area (Å²) in [4.78, 5) is 26.2. The standard InChI is InChI=1S/C23H24F2N8O2/c1-14(34)32-12-23(13-32)5-2-16(3-6-23)28-21-29-19(35-20(24)25)18-17(4-8-33(18)30-21)15-10-27-22-26-7-9-31(22)11-15/h4,7-11,16,20H,2-3,5-6,12-13H2,1H3,(H,28,30). The number of halogens is 2. The van der Waals surface area contributed by atoms with Gasteiger partial charge in [-0.1, -0.05) is 0 Å². The molecule has 0 bridgehead atoms. The number of hydrogen-bond donors (Lipinski definition) is 1. The van der Waals surface area contributed by atoms with Crippen LogP contribution in [0.1, 0.15) is 32.6 Å². The number of imidazole rings is 1. The molecule has 6 rings (SSSR count). The van der Waals surface area contributed by atoms with Gasteiger partial charge in [0.2, 0.25) is 23.5 Å². The smallest absolute Gasteiger partial charge is 0.388 e. The second kappa shape index (κ2) is 8.14. The van der Waals surface area contributed by atoms with Crippen LogP contribution in [-0.2, 0) is 4.79 Å². The van der Waals surface area contributed by atoms with Gasteiger partial charge < -0.3 is 15.0 Å². The molecular formula is C23H24F2N8O2. The Balaban J connectivity index is 1.25. The van der Waals surface area contributed by atoms with Crippen LogP contribution in [0.5, 0.6) is 5.88 Å². The molecule has 1 amide bonds. The summed E-state index contributed by atoms with van der Waals surface area (Å²) in [5.41, 5.74) is 1.85. The fourth-order valence-corrected chi connectivity index (χ4v) is 5.27. The number of ether oxygens (including phenoxy) is 1. The number of nitrogens with zero attached hydrogens (tertiary/aromatic N) is 7. The van der Waals surface area contributed by atoms with E-state index < -0.39 is 6.61 Å². The highest BCUT2D eigenvalue weighted by Gasteiger charge is 2.46. The van der Waals surface area contributed by atoms with Crippen LogP contribution in [0.2, 0.25) is 0 Å². The Morgan fingerprint density at radius 2 is 2.03 bits per heavy atom. The number of aromatic nitrogens is 6. The van der Waals surface area contributed by atoms with Crippen molar-refractivity contribution < 1.29 is 18.3 Å². The summed E-state index contributed by atoms with van der Waals surface area (Å²) in [6.45, 7) is 0.202. The molecule has 4 aromatic rings. The summed E-state index contributed by atoms with van der Waals surface area (Å²) in [7, 11) is 0. The number of carbonyl (C=O) groups is 1. The molecule has 5 heterocycles. The fourth-order valence-electron chi connectivity index (χ4n) is 5.27. The zero-order valence-corrected chi connectivity index (χ0v) is 19.1. The van der Waals surface area contributed by atoms with Crippen molar-refractivity contribution in [2.45, 2.75) is 45.3 Å². The minimum absolute atomic E-state index is 0.117. The molecule has 182 valence electrons. The van der Waals surface area contributed by atoms with E-state index >= 15 is 0 Å². The van der Waals surface area contributed by atoms with Gasteiger partial charge in [0.1, 0.15) is 5.52 Å². The minimum Gasteiger partial charge on any atom is -0.414 e. The van der Waals surface area contributed by atoms with Gasteiger partial charge in [-0.05, 0) is 31.7 Å². The Hall–Kier alpha value is -3.83. The molecule has 12 heteroatoms. The number of likely N-dealkylation sites (tertiary alicyclic amines) is 1. The first-order chi connectivity index (χ1) is 16.9. The van der Waals surface area contributed by atoms with E-state index in [0.29, 0.717) is 22.4 Å². The second-order valence-electron chi connectivity index (χ2n) is 9.41. The van der Waals surface area contributed by atoms with Crippen molar-refractivity contribution >= 4 is 23.1 Å². The zero-order valence-electron chi connectivity index (χ0n) is 19.1. The predicted molar refractivity (Wildman–Crippen MR) is 122 cm³/mol. The fraction of sp³-hybridized carbons (Fsp3) is 0.435. The van der Waals surface area contributed by atoms with Gasteiger partial charge in [-0.2, -0.15) is 13.8 Å². The first-order valence-corrected chi connectivity index (χ1v) is 11.5. The molecule has 1 spiro atoms. The summed E-state index contributed by atoms with van der Waals surface area (Å²) in [5.74, 6) is 0.690. The molecule has 0 aromatic carbocycles. The monoisotopic (exact) mass is 482 g/mol. The van der Waals surface area contributed by atoms with Crippen molar-refractivity contribution in [1.82, 2.24) is 33.9 Å². The van der Waals surface area contributed by atoms with Crippen LogP contribution in [0, 0.1) is 5.41 Å².